The number of carbonyl (C=O) groups excluding carboxylic acids is 1. The number of morpholine rings is 1. The molecule has 2 atom stereocenters. The quantitative estimate of drug-likeness (QED) is 0.782. The first kappa shape index (κ1) is 16.0. The van der Waals surface area contributed by atoms with Crippen LogP contribution in [0.4, 0.5) is 0 Å². The SMILES string of the molecule is CCc1cc(C(=O)CN2CC(C)OC(C)C2)ccc1OC. The minimum absolute atomic E-state index is 0.161. The minimum atomic E-state index is 0.161. The van der Waals surface area contributed by atoms with Crippen LogP contribution in [0.5, 0.6) is 5.75 Å². The summed E-state index contributed by atoms with van der Waals surface area (Å²) in [6, 6.07) is 5.69. The van der Waals surface area contributed by atoms with Crippen molar-refractivity contribution in [3.8, 4) is 5.75 Å². The van der Waals surface area contributed by atoms with E-state index in [0.29, 0.717) is 6.54 Å². The zero-order valence-electron chi connectivity index (χ0n) is 13.4. The van der Waals surface area contributed by atoms with E-state index < -0.39 is 0 Å². The van der Waals surface area contributed by atoms with Crippen molar-refractivity contribution in [2.75, 3.05) is 26.7 Å². The number of nitrogens with zero attached hydrogens (tertiary/aromatic N) is 1. The highest BCUT2D eigenvalue weighted by Gasteiger charge is 2.24. The standard InChI is InChI=1S/C17H25NO3/c1-5-14-8-15(6-7-17(14)20-4)16(19)11-18-9-12(2)21-13(3)10-18/h6-8,12-13H,5,9-11H2,1-4H3. The molecule has 0 saturated carbocycles. The van der Waals surface area contributed by atoms with Gasteiger partial charge in [0.25, 0.3) is 0 Å². The van der Waals surface area contributed by atoms with Gasteiger partial charge in [0.15, 0.2) is 5.78 Å². The van der Waals surface area contributed by atoms with E-state index in [9.17, 15) is 4.79 Å². The summed E-state index contributed by atoms with van der Waals surface area (Å²) in [5.74, 6) is 1.01. The second-order valence-corrected chi connectivity index (χ2v) is 5.75. The van der Waals surface area contributed by atoms with E-state index in [1.165, 1.54) is 0 Å². The molecule has 1 aromatic carbocycles. The Balaban J connectivity index is 2.06. The van der Waals surface area contributed by atoms with Gasteiger partial charge >= 0.3 is 0 Å². The molecular weight excluding hydrogens is 266 g/mol. The monoisotopic (exact) mass is 291 g/mol. The number of carbonyl (C=O) groups is 1. The van der Waals surface area contributed by atoms with Crippen LogP contribution < -0.4 is 4.74 Å². The Morgan fingerprint density at radius 2 is 2.00 bits per heavy atom. The lowest BCUT2D eigenvalue weighted by Gasteiger charge is -2.34. The van der Waals surface area contributed by atoms with Crippen molar-refractivity contribution < 1.29 is 14.3 Å². The fourth-order valence-corrected chi connectivity index (χ4v) is 2.94. The van der Waals surface area contributed by atoms with Crippen LogP contribution in [-0.2, 0) is 11.2 Å². The van der Waals surface area contributed by atoms with E-state index in [0.717, 1.165) is 36.4 Å². The molecule has 4 nitrogen and oxygen atoms in total. The van der Waals surface area contributed by atoms with Gasteiger partial charge in [0.1, 0.15) is 5.75 Å². The van der Waals surface area contributed by atoms with Crippen molar-refractivity contribution in [3.05, 3.63) is 29.3 Å². The third-order valence-corrected chi connectivity index (χ3v) is 3.85. The van der Waals surface area contributed by atoms with E-state index in [4.69, 9.17) is 9.47 Å². The predicted octanol–water partition coefficient (Wildman–Crippen LogP) is 2.55. The summed E-state index contributed by atoms with van der Waals surface area (Å²) >= 11 is 0. The molecule has 2 rings (SSSR count). The van der Waals surface area contributed by atoms with Crippen molar-refractivity contribution in [2.45, 2.75) is 39.4 Å². The smallest absolute Gasteiger partial charge is 0.176 e. The van der Waals surface area contributed by atoms with Gasteiger partial charge in [-0.2, -0.15) is 0 Å². The Labute approximate surface area is 127 Å². The van der Waals surface area contributed by atoms with Crippen LogP contribution in [0, 0.1) is 0 Å². The van der Waals surface area contributed by atoms with Gasteiger partial charge in [-0.15, -0.1) is 0 Å². The molecule has 1 heterocycles. The first-order valence-corrected chi connectivity index (χ1v) is 7.61. The van der Waals surface area contributed by atoms with Crippen molar-refractivity contribution in [1.29, 1.82) is 0 Å². The molecule has 0 aromatic heterocycles. The second-order valence-electron chi connectivity index (χ2n) is 5.75. The van der Waals surface area contributed by atoms with Crippen LogP contribution in [0.3, 0.4) is 0 Å². The topological polar surface area (TPSA) is 38.8 Å². The Morgan fingerprint density at radius 3 is 2.57 bits per heavy atom. The van der Waals surface area contributed by atoms with Crippen LogP contribution >= 0.6 is 0 Å². The Bertz CT molecular complexity index is 491. The van der Waals surface area contributed by atoms with Gasteiger partial charge in [-0.25, -0.2) is 0 Å². The molecule has 0 amide bonds. The Hall–Kier alpha value is -1.39. The average molecular weight is 291 g/mol. The fraction of sp³-hybridized carbons (Fsp3) is 0.588. The second kappa shape index (κ2) is 7.05. The van der Waals surface area contributed by atoms with E-state index in [1.807, 2.05) is 18.2 Å². The van der Waals surface area contributed by atoms with Crippen molar-refractivity contribution >= 4 is 5.78 Å². The number of ether oxygens (including phenoxy) is 2. The third-order valence-electron chi connectivity index (χ3n) is 3.85. The number of hydrogen-bond acceptors (Lipinski definition) is 4. The van der Waals surface area contributed by atoms with Gasteiger partial charge in [0, 0.05) is 18.7 Å². The molecule has 1 aliphatic rings. The molecule has 0 bridgehead atoms. The fourth-order valence-electron chi connectivity index (χ4n) is 2.94. The molecule has 0 aliphatic carbocycles. The van der Waals surface area contributed by atoms with Gasteiger partial charge in [0.05, 0.1) is 25.9 Å². The lowest BCUT2D eigenvalue weighted by Crippen LogP contribution is -2.47. The summed E-state index contributed by atoms with van der Waals surface area (Å²) in [6.45, 7) is 8.25. The van der Waals surface area contributed by atoms with Crippen LogP contribution in [0.15, 0.2) is 18.2 Å². The third kappa shape index (κ3) is 4.05. The van der Waals surface area contributed by atoms with Gasteiger partial charge in [-0.1, -0.05) is 6.92 Å². The van der Waals surface area contributed by atoms with Crippen LogP contribution in [0.1, 0.15) is 36.7 Å². The summed E-state index contributed by atoms with van der Waals surface area (Å²) in [6.07, 6.45) is 1.22. The summed E-state index contributed by atoms with van der Waals surface area (Å²) in [7, 11) is 1.66. The van der Waals surface area contributed by atoms with E-state index in [1.54, 1.807) is 7.11 Å². The molecule has 0 N–H and O–H groups in total. The van der Waals surface area contributed by atoms with Gasteiger partial charge in [0.2, 0.25) is 0 Å². The lowest BCUT2D eigenvalue weighted by molar-refractivity contribution is -0.0652. The molecule has 1 saturated heterocycles. The first-order valence-electron chi connectivity index (χ1n) is 7.61. The summed E-state index contributed by atoms with van der Waals surface area (Å²) < 4.78 is 11.0. The van der Waals surface area contributed by atoms with E-state index >= 15 is 0 Å². The normalized spacial score (nSPS) is 23.0. The molecule has 2 unspecified atom stereocenters. The molecule has 0 spiro atoms. The lowest BCUT2D eigenvalue weighted by atomic mass is 10.0. The zero-order valence-corrected chi connectivity index (χ0v) is 13.4. The highest BCUT2D eigenvalue weighted by Crippen LogP contribution is 2.21. The number of Topliss-reactive ketones (excluding diaryl/α,β-unsaturated/α-hetero) is 1. The average Bonchev–Trinajstić information content (AvgIpc) is 2.45. The molecule has 4 heteroatoms. The van der Waals surface area contributed by atoms with Crippen molar-refractivity contribution in [2.24, 2.45) is 0 Å². The Kier molecular flexibility index (Phi) is 5.37. The molecule has 1 aliphatic heterocycles. The molecule has 1 aromatic rings. The van der Waals surface area contributed by atoms with Crippen LogP contribution in [0.2, 0.25) is 0 Å². The maximum atomic E-state index is 12.5. The van der Waals surface area contributed by atoms with Crippen LogP contribution in [0.25, 0.3) is 0 Å². The predicted molar refractivity (Wildman–Crippen MR) is 83.2 cm³/mol. The van der Waals surface area contributed by atoms with E-state index in [2.05, 4.69) is 25.7 Å². The maximum Gasteiger partial charge on any atom is 0.176 e. The summed E-state index contributed by atoms with van der Waals surface area (Å²) in [5.41, 5.74) is 1.84. The Morgan fingerprint density at radius 1 is 1.33 bits per heavy atom. The number of aryl methyl sites for hydroxylation is 1. The molecule has 21 heavy (non-hydrogen) atoms. The highest BCUT2D eigenvalue weighted by molar-refractivity contribution is 5.98. The molecular formula is C17H25NO3. The minimum Gasteiger partial charge on any atom is -0.496 e. The molecule has 0 radical (unpaired) electrons. The van der Waals surface area contributed by atoms with Crippen molar-refractivity contribution in [3.63, 3.8) is 0 Å². The summed E-state index contributed by atoms with van der Waals surface area (Å²) in [4.78, 5) is 14.6. The van der Waals surface area contributed by atoms with Gasteiger partial charge < -0.3 is 9.47 Å². The highest BCUT2D eigenvalue weighted by atomic mass is 16.5. The number of ketones is 1. The van der Waals surface area contributed by atoms with Gasteiger partial charge in [-0.3, -0.25) is 9.69 Å². The number of benzene rings is 1. The number of rotatable bonds is 5. The zero-order chi connectivity index (χ0) is 15.4. The molecule has 1 fully saturated rings. The van der Waals surface area contributed by atoms with Gasteiger partial charge in [-0.05, 0) is 44.0 Å². The first-order chi connectivity index (χ1) is 10.0. The van der Waals surface area contributed by atoms with E-state index in [-0.39, 0.29) is 18.0 Å². The van der Waals surface area contributed by atoms with Crippen molar-refractivity contribution in [1.82, 2.24) is 4.90 Å². The maximum absolute atomic E-state index is 12.5. The number of methoxy groups -OCH3 is 1. The molecule has 116 valence electrons. The largest absolute Gasteiger partial charge is 0.496 e. The number of hydrogen-bond donors (Lipinski definition) is 0. The van der Waals surface area contributed by atoms with Crippen LogP contribution in [-0.4, -0.2) is 49.6 Å². The summed E-state index contributed by atoms with van der Waals surface area (Å²) in [5, 5.41) is 0.